The molecule has 2 rings (SSSR count). The molecule has 0 radical (unpaired) electrons. The lowest BCUT2D eigenvalue weighted by atomic mass is 9.89. The number of ether oxygens (including phenoxy) is 1. The monoisotopic (exact) mass is 422 g/mol. The number of allylic oxidation sites excluding steroid dienone is 4. The van der Waals surface area contributed by atoms with E-state index in [0.717, 1.165) is 12.8 Å². The SMILES string of the molecule is CC(C)=CCC/C(C)=C/CCC(C)(O)C1Cc2c(O)c(C(=O)O)c(C)c(Cl)c2O1. The minimum atomic E-state index is -1.24. The van der Waals surface area contributed by atoms with Crippen LogP contribution in [0.15, 0.2) is 23.3 Å². The number of hydrogen-bond acceptors (Lipinski definition) is 4. The maximum Gasteiger partial charge on any atom is 0.339 e. The van der Waals surface area contributed by atoms with Crippen molar-refractivity contribution in [1.29, 1.82) is 0 Å². The molecule has 1 aromatic rings. The highest BCUT2D eigenvalue weighted by Crippen LogP contribution is 2.47. The van der Waals surface area contributed by atoms with Crippen LogP contribution >= 0.6 is 11.6 Å². The van der Waals surface area contributed by atoms with E-state index in [1.54, 1.807) is 6.92 Å². The first-order chi connectivity index (χ1) is 13.5. The molecule has 1 aliphatic rings. The molecule has 0 aliphatic carbocycles. The molecule has 0 saturated carbocycles. The largest absolute Gasteiger partial charge is 0.507 e. The number of benzene rings is 1. The van der Waals surface area contributed by atoms with Gasteiger partial charge in [0.1, 0.15) is 23.2 Å². The molecule has 2 atom stereocenters. The molecule has 160 valence electrons. The first kappa shape index (κ1) is 23.3. The Balaban J connectivity index is 2.09. The molecule has 2 unspecified atom stereocenters. The Bertz CT molecular complexity index is 848. The van der Waals surface area contributed by atoms with Gasteiger partial charge in [-0.05, 0) is 65.9 Å². The summed E-state index contributed by atoms with van der Waals surface area (Å²) in [6, 6.07) is 0. The maximum absolute atomic E-state index is 11.5. The van der Waals surface area contributed by atoms with Crippen LogP contribution in [-0.2, 0) is 6.42 Å². The zero-order chi connectivity index (χ0) is 21.9. The molecular formula is C23H31ClO5. The van der Waals surface area contributed by atoms with Gasteiger partial charge in [0.05, 0.1) is 10.6 Å². The number of rotatable bonds is 8. The van der Waals surface area contributed by atoms with Gasteiger partial charge in [0.25, 0.3) is 0 Å². The average Bonchev–Trinajstić information content (AvgIpc) is 3.06. The van der Waals surface area contributed by atoms with Crippen molar-refractivity contribution < 1.29 is 24.9 Å². The molecule has 1 aromatic carbocycles. The number of halogens is 1. The lowest BCUT2D eigenvalue weighted by Gasteiger charge is -2.29. The number of aromatic hydroxyl groups is 1. The molecule has 1 aliphatic heterocycles. The molecule has 0 amide bonds. The minimum absolute atomic E-state index is 0.170. The molecule has 0 saturated heterocycles. The van der Waals surface area contributed by atoms with Crippen LogP contribution in [0.3, 0.4) is 0 Å². The molecule has 0 bridgehead atoms. The third kappa shape index (κ3) is 5.34. The quantitative estimate of drug-likeness (QED) is 0.476. The Morgan fingerprint density at radius 1 is 1.28 bits per heavy atom. The lowest BCUT2D eigenvalue weighted by Crippen LogP contribution is -2.42. The van der Waals surface area contributed by atoms with Crippen LogP contribution in [0.4, 0.5) is 0 Å². The van der Waals surface area contributed by atoms with Crippen molar-refractivity contribution in [1.82, 2.24) is 0 Å². The van der Waals surface area contributed by atoms with Gasteiger partial charge in [-0.1, -0.05) is 34.9 Å². The second-order valence-electron chi connectivity index (χ2n) is 8.35. The Kier molecular flexibility index (Phi) is 7.41. The average molecular weight is 423 g/mol. The Morgan fingerprint density at radius 3 is 2.52 bits per heavy atom. The zero-order valence-electron chi connectivity index (χ0n) is 17.8. The smallest absolute Gasteiger partial charge is 0.339 e. The standard InChI is InChI=1S/C23H31ClO5/c1-13(2)8-6-9-14(3)10-7-11-23(5,28)17-12-16-20(25)18(22(26)27)15(4)19(24)21(16)29-17/h8,10,17,25,28H,6-7,9,11-12H2,1-5H3,(H,26,27)/b14-10+. The van der Waals surface area contributed by atoms with Gasteiger partial charge in [0.2, 0.25) is 0 Å². The van der Waals surface area contributed by atoms with Crippen molar-refractivity contribution in [3.63, 3.8) is 0 Å². The van der Waals surface area contributed by atoms with Crippen LogP contribution in [0.25, 0.3) is 0 Å². The highest BCUT2D eigenvalue weighted by molar-refractivity contribution is 6.33. The number of aliphatic hydroxyl groups is 1. The van der Waals surface area contributed by atoms with Gasteiger partial charge in [-0.15, -0.1) is 0 Å². The summed E-state index contributed by atoms with van der Waals surface area (Å²) in [7, 11) is 0. The van der Waals surface area contributed by atoms with Crippen molar-refractivity contribution >= 4 is 17.6 Å². The van der Waals surface area contributed by atoms with E-state index in [9.17, 15) is 20.1 Å². The van der Waals surface area contributed by atoms with E-state index < -0.39 is 17.7 Å². The number of fused-ring (bicyclic) bond motifs is 1. The van der Waals surface area contributed by atoms with E-state index in [1.807, 2.05) is 0 Å². The van der Waals surface area contributed by atoms with Crippen molar-refractivity contribution in [3.8, 4) is 11.5 Å². The molecule has 5 nitrogen and oxygen atoms in total. The number of hydrogen-bond donors (Lipinski definition) is 3. The third-order valence-corrected chi connectivity index (χ3v) is 5.95. The van der Waals surface area contributed by atoms with Gasteiger partial charge < -0.3 is 20.1 Å². The normalized spacial score (nSPS) is 18.0. The number of carboxylic acid groups (broad SMARTS) is 1. The van der Waals surface area contributed by atoms with E-state index in [0.29, 0.717) is 18.4 Å². The fourth-order valence-corrected chi connectivity index (χ4v) is 3.85. The van der Waals surface area contributed by atoms with E-state index in [1.165, 1.54) is 18.1 Å². The third-order valence-electron chi connectivity index (χ3n) is 5.49. The minimum Gasteiger partial charge on any atom is -0.507 e. The summed E-state index contributed by atoms with van der Waals surface area (Å²) in [5.74, 6) is -1.30. The summed E-state index contributed by atoms with van der Waals surface area (Å²) in [4.78, 5) is 11.5. The second kappa shape index (κ2) is 9.23. The predicted octanol–water partition coefficient (Wildman–Crippen LogP) is 5.58. The highest BCUT2D eigenvalue weighted by atomic mass is 35.5. The van der Waals surface area contributed by atoms with Gasteiger partial charge in [-0.25, -0.2) is 4.79 Å². The Hall–Kier alpha value is -1.98. The van der Waals surface area contributed by atoms with Crippen LogP contribution < -0.4 is 4.74 Å². The molecule has 1 heterocycles. The molecule has 29 heavy (non-hydrogen) atoms. The van der Waals surface area contributed by atoms with Crippen LogP contribution in [0.5, 0.6) is 11.5 Å². The van der Waals surface area contributed by atoms with Crippen molar-refractivity contribution in [2.24, 2.45) is 0 Å². The fourth-order valence-electron chi connectivity index (χ4n) is 3.60. The molecular weight excluding hydrogens is 392 g/mol. The van der Waals surface area contributed by atoms with E-state index in [-0.39, 0.29) is 34.1 Å². The van der Waals surface area contributed by atoms with E-state index in [2.05, 4.69) is 32.9 Å². The van der Waals surface area contributed by atoms with E-state index in [4.69, 9.17) is 16.3 Å². The van der Waals surface area contributed by atoms with E-state index >= 15 is 0 Å². The van der Waals surface area contributed by atoms with Crippen molar-refractivity contribution in [2.45, 2.75) is 78.4 Å². The Labute approximate surface area is 177 Å². The molecule has 0 fully saturated rings. The molecule has 6 heteroatoms. The number of aromatic carboxylic acids is 1. The second-order valence-corrected chi connectivity index (χ2v) is 8.73. The van der Waals surface area contributed by atoms with Gasteiger partial charge in [-0.2, -0.15) is 0 Å². The highest BCUT2D eigenvalue weighted by Gasteiger charge is 2.41. The van der Waals surface area contributed by atoms with Crippen LogP contribution in [-0.4, -0.2) is 33.0 Å². The molecule has 3 N–H and O–H groups in total. The van der Waals surface area contributed by atoms with Crippen molar-refractivity contribution in [3.05, 3.63) is 45.0 Å². The number of carboxylic acids is 1. The van der Waals surface area contributed by atoms with Gasteiger partial charge >= 0.3 is 5.97 Å². The van der Waals surface area contributed by atoms with Crippen LogP contribution in [0.2, 0.25) is 5.02 Å². The van der Waals surface area contributed by atoms with Crippen LogP contribution in [0, 0.1) is 6.92 Å². The number of carbonyl (C=O) groups is 1. The van der Waals surface area contributed by atoms with Gasteiger partial charge in [0.15, 0.2) is 0 Å². The number of phenols is 1. The first-order valence-corrected chi connectivity index (χ1v) is 10.3. The summed E-state index contributed by atoms with van der Waals surface area (Å²) < 4.78 is 5.88. The zero-order valence-corrected chi connectivity index (χ0v) is 18.6. The summed E-state index contributed by atoms with van der Waals surface area (Å²) >= 11 is 6.30. The summed E-state index contributed by atoms with van der Waals surface area (Å²) in [5, 5.41) is 30.9. The predicted molar refractivity (Wildman–Crippen MR) is 115 cm³/mol. The first-order valence-electron chi connectivity index (χ1n) is 9.91. The maximum atomic E-state index is 11.5. The van der Waals surface area contributed by atoms with Gasteiger partial charge in [-0.3, -0.25) is 0 Å². The Morgan fingerprint density at radius 2 is 1.93 bits per heavy atom. The lowest BCUT2D eigenvalue weighted by molar-refractivity contribution is -0.0433. The van der Waals surface area contributed by atoms with Crippen LogP contribution in [0.1, 0.15) is 74.9 Å². The summed E-state index contributed by atoms with van der Waals surface area (Å²) in [6.07, 6.45) is 7.11. The van der Waals surface area contributed by atoms with Gasteiger partial charge in [0, 0.05) is 12.0 Å². The van der Waals surface area contributed by atoms with Crippen molar-refractivity contribution in [2.75, 3.05) is 0 Å². The summed E-state index contributed by atoms with van der Waals surface area (Å²) in [6.45, 7) is 9.49. The summed E-state index contributed by atoms with van der Waals surface area (Å²) in [5.41, 5.74) is 1.82. The fraction of sp³-hybridized carbons (Fsp3) is 0.522. The topological polar surface area (TPSA) is 87.0 Å². The molecule has 0 aromatic heterocycles. The molecule has 0 spiro atoms.